The topological polar surface area (TPSA) is 105 Å². The summed E-state index contributed by atoms with van der Waals surface area (Å²) in [6.07, 6.45) is 0.173. The second-order valence-electron chi connectivity index (χ2n) is 9.37. The normalized spacial score (nSPS) is 14.1. The van der Waals surface area contributed by atoms with E-state index in [4.69, 9.17) is 9.84 Å². The number of carboxylic acid groups (broad SMARTS) is 1. The number of nitrogens with one attached hydrogen (secondary N) is 2. The molecule has 2 aromatic rings. The molecule has 34 heavy (non-hydrogen) atoms. The van der Waals surface area contributed by atoms with Crippen LogP contribution in [0.5, 0.6) is 0 Å². The Kier molecular flexibility index (Phi) is 8.68. The highest BCUT2D eigenvalue weighted by molar-refractivity contribution is 5.79. The van der Waals surface area contributed by atoms with Crippen LogP contribution >= 0.6 is 0 Å². The fourth-order valence-corrected chi connectivity index (χ4v) is 4.28. The molecule has 0 aromatic heterocycles. The molecule has 0 saturated carbocycles. The van der Waals surface area contributed by atoms with Crippen LogP contribution in [0.4, 0.5) is 4.79 Å². The summed E-state index contributed by atoms with van der Waals surface area (Å²) in [7, 11) is 0. The Morgan fingerprint density at radius 2 is 1.56 bits per heavy atom. The third-order valence-electron chi connectivity index (χ3n) is 6.36. The summed E-state index contributed by atoms with van der Waals surface area (Å²) >= 11 is 0. The number of benzene rings is 2. The first kappa shape index (κ1) is 25.3. The van der Waals surface area contributed by atoms with Crippen LogP contribution in [0.1, 0.15) is 57.1 Å². The molecule has 0 heterocycles. The smallest absolute Gasteiger partial charge is 0.407 e. The highest BCUT2D eigenvalue weighted by Crippen LogP contribution is 2.44. The molecular formula is C27H34N2O5. The van der Waals surface area contributed by atoms with Gasteiger partial charge in [0.2, 0.25) is 5.91 Å². The minimum Gasteiger partial charge on any atom is -0.481 e. The van der Waals surface area contributed by atoms with Gasteiger partial charge in [-0.15, -0.1) is 0 Å². The Balaban J connectivity index is 1.52. The maximum atomic E-state index is 12.6. The molecular weight excluding hydrogens is 432 g/mol. The molecule has 1 aliphatic carbocycles. The van der Waals surface area contributed by atoms with Crippen molar-refractivity contribution in [1.82, 2.24) is 10.6 Å². The maximum Gasteiger partial charge on any atom is 0.407 e. The maximum absolute atomic E-state index is 12.6. The van der Waals surface area contributed by atoms with Gasteiger partial charge in [-0.2, -0.15) is 0 Å². The lowest BCUT2D eigenvalue weighted by Crippen LogP contribution is -2.43. The van der Waals surface area contributed by atoms with Crippen LogP contribution in [0.15, 0.2) is 48.5 Å². The van der Waals surface area contributed by atoms with E-state index in [-0.39, 0.29) is 49.2 Å². The number of hydrogen-bond donors (Lipinski definition) is 3. The van der Waals surface area contributed by atoms with Crippen molar-refractivity contribution in [3.05, 3.63) is 59.7 Å². The number of aliphatic carboxylic acids is 1. The molecule has 2 amide bonds. The van der Waals surface area contributed by atoms with Crippen LogP contribution in [0, 0.1) is 11.8 Å². The average molecular weight is 467 g/mol. The molecule has 0 fully saturated rings. The highest BCUT2D eigenvalue weighted by atomic mass is 16.5. The summed E-state index contributed by atoms with van der Waals surface area (Å²) in [6.45, 7) is 6.41. The number of carbonyl (C=O) groups is 3. The first-order valence-corrected chi connectivity index (χ1v) is 11.9. The summed E-state index contributed by atoms with van der Waals surface area (Å²) in [6, 6.07) is 16.0. The number of hydrogen-bond acceptors (Lipinski definition) is 4. The fourth-order valence-electron chi connectivity index (χ4n) is 4.28. The second kappa shape index (κ2) is 11.7. The summed E-state index contributed by atoms with van der Waals surface area (Å²) in [4.78, 5) is 35.7. The van der Waals surface area contributed by atoms with Gasteiger partial charge in [-0.3, -0.25) is 9.59 Å². The number of fused-ring (bicyclic) bond motifs is 3. The summed E-state index contributed by atoms with van der Waals surface area (Å²) in [5.74, 6) is -0.945. The van der Waals surface area contributed by atoms with E-state index < -0.39 is 12.1 Å². The van der Waals surface area contributed by atoms with E-state index in [9.17, 15) is 14.4 Å². The second-order valence-corrected chi connectivity index (χ2v) is 9.37. The number of ether oxygens (including phenoxy) is 1. The molecule has 1 unspecified atom stereocenters. The molecule has 182 valence electrons. The molecule has 0 spiro atoms. The average Bonchev–Trinajstić information content (AvgIpc) is 3.13. The molecule has 2 aromatic carbocycles. The van der Waals surface area contributed by atoms with Crippen molar-refractivity contribution in [2.75, 3.05) is 13.2 Å². The Hall–Kier alpha value is -3.35. The van der Waals surface area contributed by atoms with Crippen LogP contribution in [0.3, 0.4) is 0 Å². The van der Waals surface area contributed by atoms with Crippen molar-refractivity contribution < 1.29 is 24.2 Å². The number of amides is 2. The zero-order valence-electron chi connectivity index (χ0n) is 20.0. The van der Waals surface area contributed by atoms with Gasteiger partial charge >= 0.3 is 12.1 Å². The standard InChI is InChI=1S/C27H34N2O5/c1-17(2)24(14-25(30)28-15-18(3)12-13-26(31)32)29-27(33)34-16-23-21-10-6-4-8-19(21)20-9-5-7-11-22(20)23/h4-11,17-18,23-24H,12-16H2,1-3H3,(H,28,30)(H,29,33)(H,31,32)/t18?,24-/m0/s1. The molecule has 2 atom stereocenters. The van der Waals surface area contributed by atoms with Crippen LogP contribution in [-0.2, 0) is 14.3 Å². The number of carbonyl (C=O) groups excluding carboxylic acids is 2. The highest BCUT2D eigenvalue weighted by Gasteiger charge is 2.29. The van der Waals surface area contributed by atoms with Gasteiger partial charge in [0, 0.05) is 31.3 Å². The van der Waals surface area contributed by atoms with E-state index in [0.717, 1.165) is 11.1 Å². The zero-order chi connectivity index (χ0) is 24.7. The monoisotopic (exact) mass is 466 g/mol. The minimum atomic E-state index is -0.842. The predicted molar refractivity (Wildman–Crippen MR) is 130 cm³/mol. The molecule has 7 nitrogen and oxygen atoms in total. The lowest BCUT2D eigenvalue weighted by molar-refractivity contribution is -0.137. The largest absolute Gasteiger partial charge is 0.481 e. The summed E-state index contributed by atoms with van der Waals surface area (Å²) in [5.41, 5.74) is 4.63. The molecule has 3 rings (SSSR count). The van der Waals surface area contributed by atoms with Crippen molar-refractivity contribution in [3.8, 4) is 11.1 Å². The van der Waals surface area contributed by atoms with Crippen molar-refractivity contribution >= 4 is 18.0 Å². The van der Waals surface area contributed by atoms with E-state index in [1.165, 1.54) is 11.1 Å². The van der Waals surface area contributed by atoms with Crippen LogP contribution in [-0.4, -0.2) is 42.3 Å². The SMILES string of the molecule is CC(CCC(=O)O)CNC(=O)C[C@H](NC(=O)OCC1c2ccccc2-c2ccccc21)C(C)C. The van der Waals surface area contributed by atoms with Gasteiger partial charge in [0.15, 0.2) is 0 Å². The van der Waals surface area contributed by atoms with Gasteiger partial charge in [0.25, 0.3) is 0 Å². The molecule has 1 aliphatic rings. The first-order chi connectivity index (χ1) is 16.3. The summed E-state index contributed by atoms with van der Waals surface area (Å²) in [5, 5.41) is 14.5. The van der Waals surface area contributed by atoms with Crippen molar-refractivity contribution in [1.29, 1.82) is 0 Å². The van der Waals surface area contributed by atoms with E-state index >= 15 is 0 Å². The lowest BCUT2D eigenvalue weighted by Gasteiger charge is -2.23. The summed E-state index contributed by atoms with van der Waals surface area (Å²) < 4.78 is 5.62. The third kappa shape index (κ3) is 6.59. The molecule has 3 N–H and O–H groups in total. The molecule has 0 bridgehead atoms. The lowest BCUT2D eigenvalue weighted by atomic mass is 9.98. The number of rotatable bonds is 11. The van der Waals surface area contributed by atoms with Gasteiger partial charge < -0.3 is 20.5 Å². The zero-order valence-corrected chi connectivity index (χ0v) is 20.0. The molecule has 7 heteroatoms. The van der Waals surface area contributed by atoms with Crippen molar-refractivity contribution in [2.24, 2.45) is 11.8 Å². The van der Waals surface area contributed by atoms with Crippen LogP contribution in [0.2, 0.25) is 0 Å². The number of alkyl carbamates (subject to hydrolysis) is 1. The number of carboxylic acids is 1. The first-order valence-electron chi connectivity index (χ1n) is 11.9. The van der Waals surface area contributed by atoms with Gasteiger partial charge in [-0.25, -0.2) is 4.79 Å². The van der Waals surface area contributed by atoms with Crippen LogP contribution in [0.25, 0.3) is 11.1 Å². The molecule has 0 aliphatic heterocycles. The van der Waals surface area contributed by atoms with Gasteiger partial charge in [-0.1, -0.05) is 69.3 Å². The molecule has 0 radical (unpaired) electrons. The van der Waals surface area contributed by atoms with Crippen molar-refractivity contribution in [3.63, 3.8) is 0 Å². The van der Waals surface area contributed by atoms with Gasteiger partial charge in [-0.05, 0) is 40.5 Å². The van der Waals surface area contributed by atoms with Gasteiger partial charge in [0.05, 0.1) is 0 Å². The van der Waals surface area contributed by atoms with Crippen LogP contribution < -0.4 is 10.6 Å². The Labute approximate surface area is 200 Å². The fraction of sp³-hybridized carbons (Fsp3) is 0.444. The minimum absolute atomic E-state index is 0.0220. The van der Waals surface area contributed by atoms with E-state index in [2.05, 4.69) is 34.9 Å². The van der Waals surface area contributed by atoms with Crippen molar-refractivity contribution in [2.45, 2.75) is 52.0 Å². The Morgan fingerprint density at radius 1 is 0.971 bits per heavy atom. The van der Waals surface area contributed by atoms with E-state index in [1.807, 2.05) is 45.0 Å². The quantitative estimate of drug-likeness (QED) is 0.450. The Bertz CT molecular complexity index is 974. The predicted octanol–water partition coefficient (Wildman–Crippen LogP) is 4.56. The molecule has 0 saturated heterocycles. The van der Waals surface area contributed by atoms with Gasteiger partial charge in [0.1, 0.15) is 6.61 Å². The van der Waals surface area contributed by atoms with E-state index in [1.54, 1.807) is 0 Å². The Morgan fingerprint density at radius 3 is 2.12 bits per heavy atom. The third-order valence-corrected chi connectivity index (χ3v) is 6.36. The van der Waals surface area contributed by atoms with E-state index in [0.29, 0.717) is 13.0 Å².